The summed E-state index contributed by atoms with van der Waals surface area (Å²) >= 11 is 0.919. The number of hydrogen-bond acceptors (Lipinski definition) is 6. The van der Waals surface area contributed by atoms with Crippen LogP contribution in [0, 0.1) is 11.7 Å². The van der Waals surface area contributed by atoms with Crippen molar-refractivity contribution in [3.63, 3.8) is 0 Å². The van der Waals surface area contributed by atoms with Gasteiger partial charge in [-0.3, -0.25) is 4.79 Å². The Kier molecular flexibility index (Phi) is 7.63. The summed E-state index contributed by atoms with van der Waals surface area (Å²) < 4.78 is 53.8. The summed E-state index contributed by atoms with van der Waals surface area (Å²) in [5, 5.41) is 14.9. The Balaban J connectivity index is 1.48. The van der Waals surface area contributed by atoms with Crippen LogP contribution < -0.4 is 10.6 Å². The fourth-order valence-corrected chi connectivity index (χ4v) is 4.54. The average Bonchev–Trinajstić information content (AvgIpc) is 3.29. The van der Waals surface area contributed by atoms with Gasteiger partial charge in [-0.2, -0.15) is 18.2 Å². The number of rotatable bonds is 8. The SMILES string of the molecule is CCC(C)[C@H](NC(=O)c1ccc(-c2ccc(Nc3nc4ncc(C(F)(F)F)cc4s3)c(F)c2)cc1)C(=O)O. The number of anilines is 2. The van der Waals surface area contributed by atoms with Gasteiger partial charge in [-0.25, -0.2) is 14.2 Å². The third kappa shape index (κ3) is 5.91. The highest BCUT2D eigenvalue weighted by Gasteiger charge is 2.31. The van der Waals surface area contributed by atoms with E-state index in [-0.39, 0.29) is 32.6 Å². The van der Waals surface area contributed by atoms with Crippen molar-refractivity contribution < 1.29 is 32.3 Å². The number of aromatic nitrogens is 2. The van der Waals surface area contributed by atoms with Gasteiger partial charge in [-0.1, -0.05) is 49.8 Å². The lowest BCUT2D eigenvalue weighted by Gasteiger charge is -2.20. The molecule has 0 fully saturated rings. The van der Waals surface area contributed by atoms with Crippen molar-refractivity contribution in [2.45, 2.75) is 32.5 Å². The van der Waals surface area contributed by atoms with Gasteiger partial charge < -0.3 is 15.7 Å². The first-order valence-electron chi connectivity index (χ1n) is 11.5. The highest BCUT2D eigenvalue weighted by atomic mass is 32.1. The molecule has 2 aromatic carbocycles. The summed E-state index contributed by atoms with van der Waals surface area (Å²) in [7, 11) is 0. The van der Waals surface area contributed by atoms with Crippen LogP contribution in [0.5, 0.6) is 0 Å². The van der Waals surface area contributed by atoms with Crippen molar-refractivity contribution in [3.05, 3.63) is 71.7 Å². The summed E-state index contributed by atoms with van der Waals surface area (Å²) in [5.74, 6) is -2.50. The monoisotopic (exact) mass is 546 g/mol. The number of carbonyl (C=O) groups is 2. The molecule has 0 aliphatic rings. The fraction of sp³-hybridized carbons (Fsp3) is 0.231. The average molecular weight is 547 g/mol. The number of thiazole rings is 1. The quantitative estimate of drug-likeness (QED) is 0.218. The van der Waals surface area contributed by atoms with E-state index in [1.165, 1.54) is 24.3 Å². The molecule has 4 rings (SSSR count). The van der Waals surface area contributed by atoms with Crippen LogP contribution in [0.2, 0.25) is 0 Å². The van der Waals surface area contributed by atoms with E-state index in [9.17, 15) is 32.3 Å². The van der Waals surface area contributed by atoms with E-state index >= 15 is 0 Å². The maximum Gasteiger partial charge on any atom is 0.417 e. The molecule has 2 aromatic heterocycles. The Hall–Kier alpha value is -4.06. The molecule has 0 bridgehead atoms. The van der Waals surface area contributed by atoms with Crippen molar-refractivity contribution >= 4 is 44.4 Å². The molecular formula is C26H22F4N4O3S. The molecular weight excluding hydrogens is 524 g/mol. The predicted octanol–water partition coefficient (Wildman–Crippen LogP) is 6.49. The van der Waals surface area contributed by atoms with E-state index in [2.05, 4.69) is 20.6 Å². The van der Waals surface area contributed by atoms with Crippen molar-refractivity contribution in [1.82, 2.24) is 15.3 Å². The van der Waals surface area contributed by atoms with Crippen LogP contribution in [0.3, 0.4) is 0 Å². The lowest BCUT2D eigenvalue weighted by Crippen LogP contribution is -2.45. The molecule has 7 nitrogen and oxygen atoms in total. The number of aliphatic carboxylic acids is 1. The largest absolute Gasteiger partial charge is 0.480 e. The molecule has 0 spiro atoms. The second-order valence-electron chi connectivity index (χ2n) is 8.63. The van der Waals surface area contributed by atoms with Gasteiger partial charge in [0.1, 0.15) is 11.9 Å². The molecule has 1 unspecified atom stereocenters. The smallest absolute Gasteiger partial charge is 0.417 e. The molecule has 0 aliphatic carbocycles. The van der Waals surface area contributed by atoms with Gasteiger partial charge in [0.25, 0.3) is 5.91 Å². The van der Waals surface area contributed by atoms with Crippen LogP contribution in [0.25, 0.3) is 21.5 Å². The van der Waals surface area contributed by atoms with Crippen LogP contribution in [0.15, 0.2) is 54.7 Å². The summed E-state index contributed by atoms with van der Waals surface area (Å²) in [5.41, 5.74) is 0.697. The molecule has 1 amide bonds. The zero-order valence-corrected chi connectivity index (χ0v) is 21.0. The number of carboxylic acids is 1. The molecule has 0 saturated carbocycles. The van der Waals surface area contributed by atoms with Gasteiger partial charge in [-0.15, -0.1) is 0 Å². The van der Waals surface area contributed by atoms with Crippen molar-refractivity contribution in [2.75, 3.05) is 5.32 Å². The summed E-state index contributed by atoms with van der Waals surface area (Å²) in [6.07, 6.45) is -3.25. The van der Waals surface area contributed by atoms with Gasteiger partial charge in [0.2, 0.25) is 0 Å². The lowest BCUT2D eigenvalue weighted by molar-refractivity contribution is -0.140. The topological polar surface area (TPSA) is 104 Å². The number of hydrogen-bond donors (Lipinski definition) is 3. The molecule has 0 radical (unpaired) electrons. The number of alkyl halides is 3. The number of carbonyl (C=O) groups excluding carboxylic acids is 1. The van der Waals surface area contributed by atoms with Gasteiger partial charge in [-0.05, 0) is 47.4 Å². The Morgan fingerprint density at radius 1 is 1.08 bits per heavy atom. The van der Waals surface area contributed by atoms with Gasteiger partial charge in [0.15, 0.2) is 10.8 Å². The maximum atomic E-state index is 14.9. The van der Waals surface area contributed by atoms with Crippen molar-refractivity contribution in [3.8, 4) is 11.1 Å². The molecule has 2 atom stereocenters. The van der Waals surface area contributed by atoms with E-state index in [1.54, 1.807) is 25.1 Å². The number of nitrogens with zero attached hydrogens (tertiary/aromatic N) is 2. The number of pyridine rings is 1. The molecule has 0 aliphatic heterocycles. The third-order valence-electron chi connectivity index (χ3n) is 6.03. The fourth-order valence-electron chi connectivity index (χ4n) is 3.66. The summed E-state index contributed by atoms with van der Waals surface area (Å²) in [4.78, 5) is 31.8. The first-order chi connectivity index (χ1) is 18.0. The van der Waals surface area contributed by atoms with E-state index in [4.69, 9.17) is 0 Å². The molecule has 12 heteroatoms. The highest BCUT2D eigenvalue weighted by Crippen LogP contribution is 2.34. The van der Waals surface area contributed by atoms with Gasteiger partial charge in [0, 0.05) is 11.8 Å². The zero-order chi connectivity index (χ0) is 27.6. The third-order valence-corrected chi connectivity index (χ3v) is 6.94. The highest BCUT2D eigenvalue weighted by molar-refractivity contribution is 7.22. The number of nitrogens with one attached hydrogen (secondary N) is 2. The molecule has 2 heterocycles. The minimum atomic E-state index is -4.53. The number of amides is 1. The van der Waals surface area contributed by atoms with Crippen LogP contribution >= 0.6 is 11.3 Å². The van der Waals surface area contributed by atoms with Gasteiger partial charge >= 0.3 is 12.1 Å². The molecule has 38 heavy (non-hydrogen) atoms. The maximum absolute atomic E-state index is 14.9. The number of benzene rings is 2. The Bertz CT molecular complexity index is 1490. The molecule has 198 valence electrons. The standard InChI is InChI=1S/C26H22F4N4O3S/c1-3-13(2)21(24(36)37)33-23(35)15-6-4-14(5-7-15)16-8-9-19(18(27)10-16)32-25-34-22-20(38-25)11-17(12-31-22)26(28,29)30/h4-13,21H,3H2,1-2H3,(H,33,35)(H,36,37)(H,31,32,34)/t13?,21-/m0/s1. The Morgan fingerprint density at radius 2 is 1.76 bits per heavy atom. The number of halogens is 4. The summed E-state index contributed by atoms with van der Waals surface area (Å²) in [6, 6.07) is 10.6. The predicted molar refractivity (Wildman–Crippen MR) is 136 cm³/mol. The summed E-state index contributed by atoms with van der Waals surface area (Å²) in [6.45, 7) is 3.58. The Morgan fingerprint density at radius 3 is 2.37 bits per heavy atom. The normalized spacial score (nSPS) is 13.2. The van der Waals surface area contributed by atoms with E-state index in [0.717, 1.165) is 17.4 Å². The molecule has 3 N–H and O–H groups in total. The lowest BCUT2D eigenvalue weighted by atomic mass is 9.98. The second-order valence-corrected chi connectivity index (χ2v) is 9.67. The second kappa shape index (κ2) is 10.7. The van der Waals surface area contributed by atoms with Crippen molar-refractivity contribution in [1.29, 1.82) is 0 Å². The molecule has 4 aromatic rings. The van der Waals surface area contributed by atoms with Crippen LogP contribution in [0.4, 0.5) is 28.4 Å². The van der Waals surface area contributed by atoms with E-state index in [1.807, 2.05) is 6.92 Å². The Labute approximate surface area is 218 Å². The number of fused-ring (bicyclic) bond motifs is 1. The number of carboxylic acid groups (broad SMARTS) is 1. The van der Waals surface area contributed by atoms with E-state index in [0.29, 0.717) is 23.7 Å². The first kappa shape index (κ1) is 27.0. The van der Waals surface area contributed by atoms with Crippen LogP contribution in [0.1, 0.15) is 36.2 Å². The van der Waals surface area contributed by atoms with Gasteiger partial charge in [0.05, 0.1) is 16.0 Å². The van der Waals surface area contributed by atoms with E-state index < -0.39 is 35.5 Å². The zero-order valence-electron chi connectivity index (χ0n) is 20.1. The first-order valence-corrected chi connectivity index (χ1v) is 12.3. The minimum Gasteiger partial charge on any atom is -0.480 e. The minimum absolute atomic E-state index is 0.0737. The van der Waals surface area contributed by atoms with Crippen LogP contribution in [-0.2, 0) is 11.0 Å². The van der Waals surface area contributed by atoms with Crippen LogP contribution in [-0.4, -0.2) is 33.0 Å². The van der Waals surface area contributed by atoms with Crippen molar-refractivity contribution in [2.24, 2.45) is 5.92 Å². The molecule has 0 saturated heterocycles.